The molecule has 0 aliphatic carbocycles. The van der Waals surface area contributed by atoms with E-state index < -0.39 is 30.2 Å². The average Bonchev–Trinajstić information content (AvgIpc) is 3.40. The van der Waals surface area contributed by atoms with Crippen LogP contribution in [0.2, 0.25) is 0 Å². The van der Waals surface area contributed by atoms with E-state index >= 15 is 0 Å². The highest BCUT2D eigenvalue weighted by Gasteiger charge is 2.21. The number of benzene rings is 1. The lowest BCUT2D eigenvalue weighted by molar-refractivity contribution is 0.102. The van der Waals surface area contributed by atoms with Gasteiger partial charge >= 0.3 is 0 Å². The van der Waals surface area contributed by atoms with Gasteiger partial charge in [0.05, 0.1) is 24.1 Å². The van der Waals surface area contributed by atoms with E-state index in [1.54, 1.807) is 23.6 Å². The molecule has 5 rings (SSSR count). The van der Waals surface area contributed by atoms with E-state index in [1.807, 2.05) is 0 Å². The Kier molecular flexibility index (Phi) is 5.92. The second-order valence-corrected chi connectivity index (χ2v) is 7.79. The molecule has 182 valence electrons. The van der Waals surface area contributed by atoms with Crippen molar-refractivity contribution in [3.8, 4) is 22.6 Å². The van der Waals surface area contributed by atoms with Gasteiger partial charge in [0, 0.05) is 23.4 Å². The van der Waals surface area contributed by atoms with E-state index in [9.17, 15) is 22.4 Å². The molecule has 4 heterocycles. The molecule has 0 bridgehead atoms. The second kappa shape index (κ2) is 9.21. The molecule has 0 unspecified atom stereocenters. The third-order valence-electron chi connectivity index (χ3n) is 5.45. The average molecular weight is 495 g/mol. The first kappa shape index (κ1) is 23.1. The summed E-state index contributed by atoms with van der Waals surface area (Å²) in [5.41, 5.74) is 1.83. The highest BCUT2D eigenvalue weighted by Crippen LogP contribution is 2.33. The Balaban J connectivity index is 1.55. The van der Waals surface area contributed by atoms with Gasteiger partial charge in [0.15, 0.2) is 23.1 Å². The van der Waals surface area contributed by atoms with Gasteiger partial charge in [0.1, 0.15) is 18.2 Å². The third kappa shape index (κ3) is 4.28. The number of aryl methyl sites for hydroxylation is 1. The van der Waals surface area contributed by atoms with Crippen molar-refractivity contribution in [1.82, 2.24) is 29.1 Å². The van der Waals surface area contributed by atoms with Crippen molar-refractivity contribution in [2.24, 2.45) is 0 Å². The molecule has 1 aromatic carbocycles. The predicted molar refractivity (Wildman–Crippen MR) is 122 cm³/mol. The first-order valence-electron chi connectivity index (χ1n) is 10.7. The molecule has 0 saturated carbocycles. The van der Waals surface area contributed by atoms with Gasteiger partial charge in [-0.3, -0.25) is 4.79 Å². The fourth-order valence-electron chi connectivity index (χ4n) is 3.83. The molecule has 0 spiro atoms. The summed E-state index contributed by atoms with van der Waals surface area (Å²) in [7, 11) is 0. The normalized spacial score (nSPS) is 11.2. The predicted octanol–water partition coefficient (Wildman–Crippen LogP) is 4.60. The Bertz CT molecular complexity index is 1610. The van der Waals surface area contributed by atoms with Gasteiger partial charge in [-0.1, -0.05) is 0 Å². The maximum atomic E-state index is 14.0. The maximum Gasteiger partial charge on any atom is 0.257 e. The van der Waals surface area contributed by atoms with Crippen molar-refractivity contribution >= 4 is 17.4 Å². The molecule has 0 atom stereocenters. The molecule has 5 aromatic rings. The minimum Gasteiger partial charge on any atom is -0.324 e. The highest BCUT2D eigenvalue weighted by molar-refractivity contribution is 6.03. The van der Waals surface area contributed by atoms with Gasteiger partial charge in [-0.25, -0.2) is 32.6 Å². The molecule has 0 saturated heterocycles. The Morgan fingerprint density at radius 2 is 1.86 bits per heavy atom. The van der Waals surface area contributed by atoms with Crippen LogP contribution in [0.15, 0.2) is 54.9 Å². The molecular weight excluding hydrogens is 478 g/mol. The number of hydrogen-bond donors (Lipinski definition) is 1. The van der Waals surface area contributed by atoms with Crippen molar-refractivity contribution in [3.05, 3.63) is 83.8 Å². The number of nitrogens with one attached hydrogen (secondary N) is 1. The summed E-state index contributed by atoms with van der Waals surface area (Å²) in [4.78, 5) is 24.6. The van der Waals surface area contributed by atoms with Crippen LogP contribution in [-0.2, 0) is 6.54 Å². The SMILES string of the molecule is Cc1nc(-c2ccc(F)c(F)c2)c(-c2ccc3nc(NC(=O)c4ccnc(F)c4)cn3n2)n1CCF. The van der Waals surface area contributed by atoms with Gasteiger partial charge in [0.25, 0.3) is 5.91 Å². The number of rotatable bonds is 6. The lowest BCUT2D eigenvalue weighted by Crippen LogP contribution is -2.12. The lowest BCUT2D eigenvalue weighted by atomic mass is 10.1. The van der Waals surface area contributed by atoms with E-state index in [0.717, 1.165) is 18.2 Å². The van der Waals surface area contributed by atoms with Crippen LogP contribution in [0.1, 0.15) is 16.2 Å². The number of alkyl halides is 1. The molecule has 4 aromatic heterocycles. The summed E-state index contributed by atoms with van der Waals surface area (Å²) in [6.07, 6.45) is 2.63. The smallest absolute Gasteiger partial charge is 0.257 e. The van der Waals surface area contributed by atoms with Crippen LogP contribution in [0.25, 0.3) is 28.3 Å². The number of pyridine rings is 1. The monoisotopic (exact) mass is 495 g/mol. The van der Waals surface area contributed by atoms with E-state index in [1.165, 1.54) is 29.0 Å². The second-order valence-electron chi connectivity index (χ2n) is 7.79. The zero-order chi connectivity index (χ0) is 25.4. The van der Waals surface area contributed by atoms with Crippen molar-refractivity contribution < 1.29 is 22.4 Å². The highest BCUT2D eigenvalue weighted by atomic mass is 19.2. The summed E-state index contributed by atoms with van der Waals surface area (Å²) in [6, 6.07) is 9.00. The maximum absolute atomic E-state index is 14.0. The molecule has 1 amide bonds. The number of anilines is 1. The molecule has 0 radical (unpaired) electrons. The molecule has 12 heteroatoms. The van der Waals surface area contributed by atoms with E-state index in [-0.39, 0.29) is 17.9 Å². The Morgan fingerprint density at radius 3 is 2.61 bits per heavy atom. The first-order valence-corrected chi connectivity index (χ1v) is 10.7. The quantitative estimate of drug-likeness (QED) is 0.275. The molecule has 8 nitrogen and oxygen atoms in total. The van der Waals surface area contributed by atoms with Crippen LogP contribution < -0.4 is 5.32 Å². The van der Waals surface area contributed by atoms with E-state index in [2.05, 4.69) is 25.4 Å². The van der Waals surface area contributed by atoms with E-state index in [4.69, 9.17) is 0 Å². The van der Waals surface area contributed by atoms with Crippen molar-refractivity contribution in [2.45, 2.75) is 13.5 Å². The standard InChI is InChI=1S/C24H17F4N7O/c1-13-30-22(14-2-3-16(26)17(27)10-14)23(34(13)9-7-25)18-4-5-21-31-20(12-35(21)33-18)32-24(36)15-6-8-29-19(28)11-15/h2-6,8,10-12H,7,9H2,1H3,(H,32,36). The fraction of sp³-hybridized carbons (Fsp3) is 0.125. The zero-order valence-corrected chi connectivity index (χ0v) is 18.7. The van der Waals surface area contributed by atoms with Crippen LogP contribution >= 0.6 is 0 Å². The molecule has 0 aliphatic heterocycles. The van der Waals surface area contributed by atoms with Crippen LogP contribution in [0.3, 0.4) is 0 Å². The number of aromatic nitrogens is 6. The number of carbonyl (C=O) groups is 1. The Morgan fingerprint density at radius 1 is 1.03 bits per heavy atom. The molecular formula is C24H17F4N7O. The number of carbonyl (C=O) groups excluding carboxylic acids is 1. The van der Waals surface area contributed by atoms with Gasteiger partial charge in [-0.05, 0) is 43.3 Å². The summed E-state index contributed by atoms with van der Waals surface area (Å²) < 4.78 is 57.2. The zero-order valence-electron chi connectivity index (χ0n) is 18.7. The lowest BCUT2D eigenvalue weighted by Gasteiger charge is -2.10. The van der Waals surface area contributed by atoms with Gasteiger partial charge in [-0.15, -0.1) is 0 Å². The topological polar surface area (TPSA) is 90.0 Å². The minimum atomic E-state index is -1.04. The number of hydrogen-bond acceptors (Lipinski definition) is 5. The summed E-state index contributed by atoms with van der Waals surface area (Å²) in [6.45, 7) is 0.972. The minimum absolute atomic E-state index is 0.0225. The largest absolute Gasteiger partial charge is 0.324 e. The fourth-order valence-corrected chi connectivity index (χ4v) is 3.83. The van der Waals surface area contributed by atoms with Crippen LogP contribution in [-0.4, -0.2) is 41.7 Å². The first-order chi connectivity index (χ1) is 17.3. The van der Waals surface area contributed by atoms with Crippen molar-refractivity contribution in [1.29, 1.82) is 0 Å². The summed E-state index contributed by atoms with van der Waals surface area (Å²) >= 11 is 0. The number of imidazole rings is 2. The number of fused-ring (bicyclic) bond motifs is 1. The van der Waals surface area contributed by atoms with Crippen molar-refractivity contribution in [3.63, 3.8) is 0 Å². The number of amides is 1. The third-order valence-corrected chi connectivity index (χ3v) is 5.45. The Hall–Kier alpha value is -4.61. The van der Waals surface area contributed by atoms with Crippen molar-refractivity contribution in [2.75, 3.05) is 12.0 Å². The Labute approximate surface area is 201 Å². The summed E-state index contributed by atoms with van der Waals surface area (Å²) in [5.74, 6) is -2.78. The van der Waals surface area contributed by atoms with E-state index in [0.29, 0.717) is 34.1 Å². The van der Waals surface area contributed by atoms with Crippen LogP contribution in [0.5, 0.6) is 0 Å². The molecule has 36 heavy (non-hydrogen) atoms. The van der Waals surface area contributed by atoms with Crippen LogP contribution in [0.4, 0.5) is 23.4 Å². The molecule has 1 N–H and O–H groups in total. The van der Waals surface area contributed by atoms with Crippen LogP contribution in [0, 0.1) is 24.5 Å². The molecule has 0 aliphatic rings. The van der Waals surface area contributed by atoms with Gasteiger partial charge in [0.2, 0.25) is 5.95 Å². The number of halogens is 4. The van der Waals surface area contributed by atoms with Gasteiger partial charge in [-0.2, -0.15) is 9.49 Å². The molecule has 0 fully saturated rings. The summed E-state index contributed by atoms with van der Waals surface area (Å²) in [5, 5.41) is 7.09. The van der Waals surface area contributed by atoms with Gasteiger partial charge < -0.3 is 9.88 Å². The number of nitrogens with zero attached hydrogens (tertiary/aromatic N) is 6.